The standard InChI is InChI=1S/C26H26ClNO5/c1-16-14-33-26(3)23(25(30)32-15-18-9-6-5-7-10-18)22(19-11-8-12-20(27)13-19)21(24(29)31-4)17(2)28(16)26/h5-13,22-23H,1,14-15H2,2-4H3/t22-,23-,26+/m1/s1. The Morgan fingerprint density at radius 1 is 1.21 bits per heavy atom. The molecule has 4 rings (SSSR count). The van der Waals surface area contributed by atoms with Crippen LogP contribution >= 0.6 is 11.6 Å². The Balaban J connectivity index is 1.85. The van der Waals surface area contributed by atoms with Crippen molar-refractivity contribution in [3.05, 3.63) is 94.3 Å². The Bertz CT molecular complexity index is 1130. The molecule has 0 N–H and O–H groups in total. The molecular weight excluding hydrogens is 442 g/mol. The van der Waals surface area contributed by atoms with Crippen molar-refractivity contribution in [2.45, 2.75) is 32.1 Å². The van der Waals surface area contributed by atoms with E-state index < -0.39 is 29.5 Å². The summed E-state index contributed by atoms with van der Waals surface area (Å²) in [5.41, 5.74) is 2.10. The monoisotopic (exact) mass is 467 g/mol. The molecule has 2 aliphatic heterocycles. The minimum Gasteiger partial charge on any atom is -0.466 e. The number of hydrogen-bond acceptors (Lipinski definition) is 6. The molecule has 0 aliphatic carbocycles. The third-order valence-corrected chi connectivity index (χ3v) is 6.56. The maximum Gasteiger partial charge on any atom is 0.336 e. The molecule has 33 heavy (non-hydrogen) atoms. The molecule has 3 atom stereocenters. The number of methoxy groups -OCH3 is 1. The molecule has 0 aromatic heterocycles. The fraction of sp³-hybridized carbons (Fsp3) is 0.308. The van der Waals surface area contributed by atoms with Crippen LogP contribution in [0.5, 0.6) is 0 Å². The summed E-state index contributed by atoms with van der Waals surface area (Å²) in [7, 11) is 1.32. The smallest absolute Gasteiger partial charge is 0.336 e. The highest BCUT2D eigenvalue weighted by Gasteiger charge is 2.59. The molecule has 0 amide bonds. The zero-order valence-electron chi connectivity index (χ0n) is 18.8. The van der Waals surface area contributed by atoms with E-state index in [0.717, 1.165) is 5.56 Å². The van der Waals surface area contributed by atoms with Crippen LogP contribution in [0, 0.1) is 5.92 Å². The highest BCUT2D eigenvalue weighted by molar-refractivity contribution is 6.30. The fourth-order valence-electron chi connectivity index (χ4n) is 4.91. The van der Waals surface area contributed by atoms with Gasteiger partial charge in [0.05, 0.1) is 19.3 Å². The summed E-state index contributed by atoms with van der Waals surface area (Å²) in [6.07, 6.45) is 0. The van der Waals surface area contributed by atoms with Crippen molar-refractivity contribution in [2.75, 3.05) is 13.7 Å². The van der Waals surface area contributed by atoms with Crippen LogP contribution in [0.1, 0.15) is 30.9 Å². The van der Waals surface area contributed by atoms with Crippen LogP contribution in [0.2, 0.25) is 5.02 Å². The lowest BCUT2D eigenvalue weighted by Crippen LogP contribution is -2.57. The number of carbonyl (C=O) groups excluding carboxylic acids is 2. The van der Waals surface area contributed by atoms with Crippen molar-refractivity contribution >= 4 is 23.5 Å². The summed E-state index contributed by atoms with van der Waals surface area (Å²) in [6.45, 7) is 8.07. The number of ether oxygens (including phenoxy) is 3. The Labute approximate surface area is 198 Å². The minimum absolute atomic E-state index is 0.103. The van der Waals surface area contributed by atoms with E-state index in [-0.39, 0.29) is 13.2 Å². The molecular formula is C26H26ClNO5. The second kappa shape index (κ2) is 9.04. The maximum absolute atomic E-state index is 13.7. The molecule has 2 aromatic rings. The molecule has 0 radical (unpaired) electrons. The van der Waals surface area contributed by atoms with E-state index in [1.807, 2.05) is 55.1 Å². The fourth-order valence-corrected chi connectivity index (χ4v) is 5.11. The van der Waals surface area contributed by atoms with Crippen molar-refractivity contribution in [3.8, 4) is 0 Å². The van der Waals surface area contributed by atoms with Crippen molar-refractivity contribution in [1.29, 1.82) is 0 Å². The van der Waals surface area contributed by atoms with E-state index >= 15 is 0 Å². The van der Waals surface area contributed by atoms with Crippen LogP contribution in [0.3, 0.4) is 0 Å². The van der Waals surface area contributed by atoms with Gasteiger partial charge in [-0.3, -0.25) is 4.79 Å². The molecule has 0 bridgehead atoms. The Hall–Kier alpha value is -3.09. The second-order valence-electron chi connectivity index (χ2n) is 8.34. The summed E-state index contributed by atoms with van der Waals surface area (Å²) < 4.78 is 17.1. The highest BCUT2D eigenvalue weighted by atomic mass is 35.5. The molecule has 1 saturated heterocycles. The quantitative estimate of drug-likeness (QED) is 0.588. The van der Waals surface area contributed by atoms with Crippen molar-refractivity contribution in [3.63, 3.8) is 0 Å². The molecule has 0 saturated carbocycles. The van der Waals surface area contributed by atoms with Gasteiger partial charge in [0.15, 0.2) is 5.72 Å². The van der Waals surface area contributed by atoms with Crippen LogP contribution in [-0.2, 0) is 30.4 Å². The van der Waals surface area contributed by atoms with Crippen LogP contribution in [-0.4, -0.2) is 36.3 Å². The van der Waals surface area contributed by atoms with Gasteiger partial charge in [-0.25, -0.2) is 4.79 Å². The molecule has 6 nitrogen and oxygen atoms in total. The van der Waals surface area contributed by atoms with E-state index in [1.54, 1.807) is 18.2 Å². The molecule has 2 heterocycles. The number of nitrogens with zero attached hydrogens (tertiary/aromatic N) is 1. The molecule has 1 fully saturated rings. The zero-order valence-corrected chi connectivity index (χ0v) is 19.6. The van der Waals surface area contributed by atoms with Gasteiger partial charge in [0, 0.05) is 22.3 Å². The van der Waals surface area contributed by atoms with E-state index in [4.69, 9.17) is 25.8 Å². The normalized spacial score (nSPS) is 24.5. The van der Waals surface area contributed by atoms with Gasteiger partial charge >= 0.3 is 11.9 Å². The lowest BCUT2D eigenvalue weighted by atomic mass is 9.71. The van der Waals surface area contributed by atoms with Gasteiger partial charge in [0.25, 0.3) is 0 Å². The lowest BCUT2D eigenvalue weighted by Gasteiger charge is -2.48. The number of hydrogen-bond donors (Lipinski definition) is 0. The Morgan fingerprint density at radius 3 is 2.61 bits per heavy atom. The Morgan fingerprint density at radius 2 is 1.94 bits per heavy atom. The van der Waals surface area contributed by atoms with Gasteiger partial charge in [-0.15, -0.1) is 0 Å². The van der Waals surface area contributed by atoms with Crippen molar-refractivity contribution < 1.29 is 23.8 Å². The summed E-state index contributed by atoms with van der Waals surface area (Å²) in [5.74, 6) is -2.58. The summed E-state index contributed by atoms with van der Waals surface area (Å²) >= 11 is 6.30. The van der Waals surface area contributed by atoms with Crippen LogP contribution < -0.4 is 0 Å². The Kier molecular flexibility index (Phi) is 6.32. The first kappa shape index (κ1) is 23.1. The van der Waals surface area contributed by atoms with Crippen LogP contribution in [0.15, 0.2) is 78.1 Å². The molecule has 0 spiro atoms. The first-order valence-electron chi connectivity index (χ1n) is 10.6. The summed E-state index contributed by atoms with van der Waals surface area (Å²) in [5, 5.41) is 0.495. The second-order valence-corrected chi connectivity index (χ2v) is 8.78. The summed E-state index contributed by atoms with van der Waals surface area (Å²) in [4.78, 5) is 28.5. The van der Waals surface area contributed by atoms with Crippen LogP contribution in [0.25, 0.3) is 0 Å². The van der Waals surface area contributed by atoms with Gasteiger partial charge in [-0.1, -0.05) is 60.6 Å². The predicted molar refractivity (Wildman–Crippen MR) is 124 cm³/mol. The highest BCUT2D eigenvalue weighted by Crippen LogP contribution is 2.53. The predicted octanol–water partition coefficient (Wildman–Crippen LogP) is 4.81. The molecule has 7 heteroatoms. The minimum atomic E-state index is -1.10. The number of carbonyl (C=O) groups is 2. The van der Waals surface area contributed by atoms with Gasteiger partial charge in [0.1, 0.15) is 12.5 Å². The molecule has 2 aliphatic rings. The third-order valence-electron chi connectivity index (χ3n) is 6.33. The number of benzene rings is 2. The van der Waals surface area contributed by atoms with E-state index in [1.165, 1.54) is 7.11 Å². The largest absolute Gasteiger partial charge is 0.466 e. The first-order chi connectivity index (χ1) is 15.8. The third kappa shape index (κ3) is 4.05. The summed E-state index contributed by atoms with van der Waals surface area (Å²) in [6, 6.07) is 16.6. The lowest BCUT2D eigenvalue weighted by molar-refractivity contribution is -0.174. The van der Waals surface area contributed by atoms with E-state index in [0.29, 0.717) is 27.6 Å². The number of rotatable bonds is 5. The molecule has 0 unspecified atom stereocenters. The maximum atomic E-state index is 13.7. The molecule has 2 aromatic carbocycles. The average Bonchev–Trinajstić information content (AvgIpc) is 3.12. The van der Waals surface area contributed by atoms with E-state index in [2.05, 4.69) is 6.58 Å². The number of fused-ring (bicyclic) bond motifs is 1. The van der Waals surface area contributed by atoms with Crippen molar-refractivity contribution in [2.24, 2.45) is 5.92 Å². The van der Waals surface area contributed by atoms with Gasteiger partial charge in [-0.05, 0) is 37.1 Å². The van der Waals surface area contributed by atoms with E-state index in [9.17, 15) is 9.59 Å². The van der Waals surface area contributed by atoms with Crippen LogP contribution in [0.4, 0.5) is 0 Å². The first-order valence-corrected chi connectivity index (χ1v) is 11.0. The van der Waals surface area contributed by atoms with Gasteiger partial charge < -0.3 is 19.1 Å². The zero-order chi connectivity index (χ0) is 23.8. The molecule has 172 valence electrons. The van der Waals surface area contributed by atoms with Crippen molar-refractivity contribution in [1.82, 2.24) is 4.90 Å². The van der Waals surface area contributed by atoms with Gasteiger partial charge in [-0.2, -0.15) is 0 Å². The number of esters is 2. The van der Waals surface area contributed by atoms with Gasteiger partial charge in [0.2, 0.25) is 0 Å². The number of allylic oxidation sites excluding steroid dienone is 1. The topological polar surface area (TPSA) is 65.1 Å². The SMILES string of the molecule is C=C1CO[C@@]2(C)[C@@H](C(=O)OCc3ccccc3)[C@H](c3cccc(Cl)c3)C(C(=O)OC)=C(C)N12. The average molecular weight is 468 g/mol. The number of halogens is 1.